The first-order valence-electron chi connectivity index (χ1n) is 11.6. The monoisotopic (exact) mass is 520 g/mol. The Bertz CT molecular complexity index is 506. The normalized spacial score (nSPS) is 33.1. The Morgan fingerprint density at radius 2 is 0.625 bits per heavy atom. The van der Waals surface area contributed by atoms with Crippen LogP contribution in [0.4, 0.5) is 0 Å². The van der Waals surface area contributed by atoms with Crippen LogP contribution in [0, 0.1) is 0 Å². The summed E-state index contributed by atoms with van der Waals surface area (Å²) in [6.07, 6.45) is 8.13. The van der Waals surface area contributed by atoms with E-state index in [1.165, 1.54) is 0 Å². The van der Waals surface area contributed by atoms with Gasteiger partial charge < -0.3 is 35.6 Å². The molecule has 0 aromatic heterocycles. The third kappa shape index (κ3) is 10.5. The molecule has 0 bridgehead atoms. The molecule has 0 N–H and O–H groups in total. The second kappa shape index (κ2) is 13.9. The van der Waals surface area contributed by atoms with Crippen LogP contribution in [0.25, 0.3) is 0 Å². The minimum absolute atomic E-state index is 0.446. The van der Waals surface area contributed by atoms with E-state index >= 15 is 0 Å². The largest absolute Gasteiger partial charge is 0.416 e. The average molecular weight is 521 g/mol. The molecular formula is C20H40O8Si4. The fraction of sp³-hybridized carbons (Fsp3) is 0.800. The Hall–Kier alpha value is -0.612. The standard InChI is InChI=1S/C20H40O8Si4/c1-29(17-9-5-13-21)25-30(2,18-10-6-14-22)27-32(4,20-12-8-16-24)28-31(3,26-29)19-11-7-15-23/h13-16H,5-12,17-20H2,1-4H3. The van der Waals surface area contributed by atoms with Crippen molar-refractivity contribution in [3.05, 3.63) is 0 Å². The zero-order valence-electron chi connectivity index (χ0n) is 20.1. The third-order valence-corrected chi connectivity index (χ3v) is 24.4. The first-order chi connectivity index (χ1) is 15.1. The summed E-state index contributed by atoms with van der Waals surface area (Å²) in [5.41, 5.74) is 0. The minimum Gasteiger partial charge on any atom is -0.416 e. The van der Waals surface area contributed by atoms with E-state index in [0.717, 1.165) is 25.1 Å². The van der Waals surface area contributed by atoms with Crippen molar-refractivity contribution in [3.8, 4) is 0 Å². The molecule has 0 amide bonds. The summed E-state index contributed by atoms with van der Waals surface area (Å²) in [5.74, 6) is 0. The van der Waals surface area contributed by atoms with Gasteiger partial charge in [-0.1, -0.05) is 0 Å². The predicted molar refractivity (Wildman–Crippen MR) is 131 cm³/mol. The highest BCUT2D eigenvalue weighted by molar-refractivity contribution is 6.93. The van der Waals surface area contributed by atoms with Gasteiger partial charge in [-0.15, -0.1) is 0 Å². The van der Waals surface area contributed by atoms with Gasteiger partial charge in [-0.05, 0) is 76.0 Å². The van der Waals surface area contributed by atoms with Crippen molar-refractivity contribution in [1.82, 2.24) is 0 Å². The minimum atomic E-state index is -2.74. The predicted octanol–water partition coefficient (Wildman–Crippen LogP) is 4.27. The van der Waals surface area contributed by atoms with Crippen molar-refractivity contribution >= 4 is 59.4 Å². The van der Waals surface area contributed by atoms with Gasteiger partial charge in [0.2, 0.25) is 0 Å². The van der Waals surface area contributed by atoms with E-state index in [9.17, 15) is 19.2 Å². The van der Waals surface area contributed by atoms with Crippen LogP contribution in [0.1, 0.15) is 51.4 Å². The maximum Gasteiger partial charge on any atom is 0.317 e. The molecule has 0 atom stereocenters. The molecule has 8 nitrogen and oxygen atoms in total. The van der Waals surface area contributed by atoms with E-state index < -0.39 is 34.2 Å². The van der Waals surface area contributed by atoms with E-state index in [4.69, 9.17) is 16.5 Å². The van der Waals surface area contributed by atoms with Gasteiger partial charge in [0.25, 0.3) is 0 Å². The highest BCUT2D eigenvalue weighted by Crippen LogP contribution is 2.39. The van der Waals surface area contributed by atoms with Crippen LogP contribution in [-0.4, -0.2) is 59.4 Å². The number of carbonyl (C=O) groups excluding carboxylic acids is 4. The van der Waals surface area contributed by atoms with E-state index in [0.29, 0.717) is 75.5 Å². The molecule has 0 saturated carbocycles. The topological polar surface area (TPSA) is 105 Å². The third-order valence-electron chi connectivity index (χ3n) is 5.54. The molecule has 0 aliphatic carbocycles. The molecule has 1 saturated heterocycles. The lowest BCUT2D eigenvalue weighted by Gasteiger charge is -2.50. The van der Waals surface area contributed by atoms with Crippen LogP contribution in [0.3, 0.4) is 0 Å². The Morgan fingerprint density at radius 1 is 0.438 bits per heavy atom. The van der Waals surface area contributed by atoms with Gasteiger partial charge >= 0.3 is 34.2 Å². The molecule has 184 valence electrons. The van der Waals surface area contributed by atoms with Gasteiger partial charge in [0.05, 0.1) is 0 Å². The van der Waals surface area contributed by atoms with Crippen molar-refractivity contribution in [2.75, 3.05) is 0 Å². The maximum absolute atomic E-state index is 10.9. The number of carbonyl (C=O) groups is 4. The highest BCUT2D eigenvalue weighted by Gasteiger charge is 2.56. The maximum atomic E-state index is 10.9. The molecule has 0 unspecified atom stereocenters. The van der Waals surface area contributed by atoms with Crippen LogP contribution in [0.2, 0.25) is 50.4 Å². The molecule has 1 aliphatic heterocycles. The lowest BCUT2D eigenvalue weighted by molar-refractivity contribution is -0.108. The molecular weight excluding hydrogens is 481 g/mol. The van der Waals surface area contributed by atoms with Crippen molar-refractivity contribution < 1.29 is 35.6 Å². The second-order valence-electron chi connectivity index (χ2n) is 9.18. The van der Waals surface area contributed by atoms with Gasteiger partial charge in [-0.25, -0.2) is 0 Å². The quantitative estimate of drug-likeness (QED) is 0.169. The first-order valence-corrected chi connectivity index (χ1v) is 21.7. The number of rotatable bonds is 16. The number of unbranched alkanes of at least 4 members (excludes halogenated alkanes) is 4. The fourth-order valence-corrected chi connectivity index (χ4v) is 27.8. The van der Waals surface area contributed by atoms with Gasteiger partial charge in [0.15, 0.2) is 0 Å². The van der Waals surface area contributed by atoms with Gasteiger partial charge in [-0.2, -0.15) is 0 Å². The smallest absolute Gasteiger partial charge is 0.317 e. The summed E-state index contributed by atoms with van der Waals surface area (Å²) in [4.78, 5) is 43.6. The molecule has 0 spiro atoms. The molecule has 0 aromatic rings. The molecule has 1 heterocycles. The van der Waals surface area contributed by atoms with Gasteiger partial charge in [0.1, 0.15) is 25.1 Å². The molecule has 0 radical (unpaired) electrons. The summed E-state index contributed by atoms with van der Waals surface area (Å²) in [5, 5.41) is 0. The van der Waals surface area contributed by atoms with Crippen molar-refractivity contribution in [3.63, 3.8) is 0 Å². The van der Waals surface area contributed by atoms with Crippen molar-refractivity contribution in [1.29, 1.82) is 0 Å². The molecule has 0 aromatic carbocycles. The van der Waals surface area contributed by atoms with E-state index in [2.05, 4.69) is 0 Å². The fourth-order valence-electron chi connectivity index (χ4n) is 4.34. The number of aldehydes is 4. The van der Waals surface area contributed by atoms with Crippen LogP contribution in [-0.2, 0) is 35.6 Å². The zero-order chi connectivity index (χ0) is 24.1. The SMILES string of the molecule is C[Si]1(CCCC=O)O[Si](C)(CCCC=O)O[Si](C)(CCCC=O)O[Si](C)(CCCC=O)O1. The molecule has 32 heavy (non-hydrogen) atoms. The summed E-state index contributed by atoms with van der Waals surface area (Å²) in [6.45, 7) is 8.10. The molecule has 1 aliphatic rings. The van der Waals surface area contributed by atoms with Crippen LogP contribution in [0.15, 0.2) is 0 Å². The number of hydrogen-bond acceptors (Lipinski definition) is 8. The Balaban J connectivity index is 3.27. The molecule has 1 rings (SSSR count). The summed E-state index contributed by atoms with van der Waals surface area (Å²) < 4.78 is 27.3. The summed E-state index contributed by atoms with van der Waals surface area (Å²) in [7, 11) is -11.0. The lowest BCUT2D eigenvalue weighted by atomic mass is 10.4. The van der Waals surface area contributed by atoms with E-state index in [-0.39, 0.29) is 0 Å². The van der Waals surface area contributed by atoms with Crippen LogP contribution < -0.4 is 0 Å². The highest BCUT2D eigenvalue weighted by atomic mass is 28.5. The summed E-state index contributed by atoms with van der Waals surface area (Å²) >= 11 is 0. The van der Waals surface area contributed by atoms with E-state index in [1.807, 2.05) is 26.2 Å². The Kier molecular flexibility index (Phi) is 12.8. The molecule has 12 heteroatoms. The Morgan fingerprint density at radius 3 is 0.781 bits per heavy atom. The van der Waals surface area contributed by atoms with Crippen LogP contribution in [0.5, 0.6) is 0 Å². The zero-order valence-corrected chi connectivity index (χ0v) is 24.1. The second-order valence-corrected chi connectivity index (χ2v) is 23.5. The van der Waals surface area contributed by atoms with Crippen molar-refractivity contribution in [2.24, 2.45) is 0 Å². The number of hydrogen-bond donors (Lipinski definition) is 0. The van der Waals surface area contributed by atoms with Gasteiger partial charge in [-0.3, -0.25) is 0 Å². The van der Waals surface area contributed by atoms with Crippen molar-refractivity contribution in [2.45, 2.75) is 102 Å². The summed E-state index contributed by atoms with van der Waals surface area (Å²) in [6, 6.07) is 2.64. The van der Waals surface area contributed by atoms with Gasteiger partial charge in [0, 0.05) is 25.7 Å². The Labute approximate surface area is 196 Å². The lowest BCUT2D eigenvalue weighted by Crippen LogP contribution is -2.67. The average Bonchev–Trinajstić information content (AvgIpc) is 2.67. The van der Waals surface area contributed by atoms with Crippen LogP contribution >= 0.6 is 0 Å². The first kappa shape index (κ1) is 29.4. The molecule has 1 fully saturated rings. The van der Waals surface area contributed by atoms with E-state index in [1.54, 1.807) is 0 Å².